The summed E-state index contributed by atoms with van der Waals surface area (Å²) in [5, 5.41) is 1.91. The average Bonchev–Trinajstić information content (AvgIpc) is 2.95. The van der Waals surface area contributed by atoms with Gasteiger partial charge in [0.2, 0.25) is 11.2 Å². The lowest BCUT2D eigenvalue weighted by atomic mass is 10.2. The van der Waals surface area contributed by atoms with Crippen molar-refractivity contribution in [2.24, 2.45) is 14.1 Å². The fourth-order valence-corrected chi connectivity index (χ4v) is 3.08. The van der Waals surface area contributed by atoms with Crippen molar-refractivity contribution in [3.8, 4) is 0 Å². The van der Waals surface area contributed by atoms with Crippen LogP contribution in [0, 0.1) is 0 Å². The Labute approximate surface area is 170 Å². The predicted molar refractivity (Wildman–Crippen MR) is 100 cm³/mol. The molecule has 1 aromatic carbocycles. The number of aromatic nitrogens is 4. The van der Waals surface area contributed by atoms with Crippen molar-refractivity contribution in [2.75, 3.05) is 5.32 Å². The Morgan fingerprint density at radius 1 is 1.17 bits per heavy atom. The molecule has 1 amide bonds. The van der Waals surface area contributed by atoms with Gasteiger partial charge < -0.3 is 5.32 Å². The van der Waals surface area contributed by atoms with Crippen LogP contribution in [0.2, 0.25) is 10.3 Å². The number of hydrogen-bond donors (Lipinski definition) is 1. The van der Waals surface area contributed by atoms with E-state index in [1.54, 1.807) is 0 Å². The van der Waals surface area contributed by atoms with Crippen LogP contribution in [0.3, 0.4) is 0 Å². The van der Waals surface area contributed by atoms with E-state index in [0.29, 0.717) is 6.07 Å². The maximum absolute atomic E-state index is 12.9. The number of benzene rings is 1. The van der Waals surface area contributed by atoms with Gasteiger partial charge in [-0.3, -0.25) is 23.3 Å². The molecule has 3 rings (SSSR count). The van der Waals surface area contributed by atoms with Gasteiger partial charge in [-0.15, -0.1) is 0 Å². The number of aryl methyl sites for hydroxylation is 1. The molecule has 0 atom stereocenters. The summed E-state index contributed by atoms with van der Waals surface area (Å²) in [6.45, 7) is -0.546. The van der Waals surface area contributed by atoms with Crippen molar-refractivity contribution in [1.82, 2.24) is 18.7 Å². The van der Waals surface area contributed by atoms with Crippen LogP contribution in [0.5, 0.6) is 0 Å². The van der Waals surface area contributed by atoms with Gasteiger partial charge in [0.05, 0.1) is 16.3 Å². The van der Waals surface area contributed by atoms with Crippen molar-refractivity contribution in [1.29, 1.82) is 0 Å². The Morgan fingerprint density at radius 2 is 1.83 bits per heavy atom. The Balaban J connectivity index is 1.99. The minimum Gasteiger partial charge on any atom is -0.323 e. The summed E-state index contributed by atoms with van der Waals surface area (Å²) in [7, 11) is 2.62. The molecule has 3 aromatic rings. The second-order valence-corrected chi connectivity index (χ2v) is 6.83. The van der Waals surface area contributed by atoms with Crippen molar-refractivity contribution in [3.05, 3.63) is 54.9 Å². The van der Waals surface area contributed by atoms with Gasteiger partial charge in [-0.1, -0.05) is 11.6 Å². The van der Waals surface area contributed by atoms with Gasteiger partial charge in [-0.05, 0) is 29.8 Å². The zero-order chi connectivity index (χ0) is 21.7. The quantitative estimate of drug-likeness (QED) is 0.621. The number of carbonyl (C=O) groups excluding carboxylic acids is 1. The Hall–Kier alpha value is -2.79. The lowest BCUT2D eigenvalue weighted by Crippen LogP contribution is -2.37. The number of nitrogens with zero attached hydrogens (tertiary/aromatic N) is 4. The molecule has 0 aliphatic carbocycles. The first kappa shape index (κ1) is 20.9. The molecule has 2 aromatic heterocycles. The molecular weight excluding hydrogens is 438 g/mol. The summed E-state index contributed by atoms with van der Waals surface area (Å²) in [4.78, 5) is 40.7. The van der Waals surface area contributed by atoms with Crippen LogP contribution in [0.25, 0.3) is 11.2 Å². The Morgan fingerprint density at radius 3 is 2.45 bits per heavy atom. The van der Waals surface area contributed by atoms with E-state index in [1.807, 2.05) is 0 Å². The number of imidazole rings is 1. The van der Waals surface area contributed by atoms with Crippen molar-refractivity contribution < 1.29 is 18.0 Å². The molecule has 0 saturated carbocycles. The molecule has 1 N–H and O–H groups in total. The number of anilines is 1. The topological polar surface area (TPSA) is 90.9 Å². The highest BCUT2D eigenvalue weighted by atomic mass is 35.5. The van der Waals surface area contributed by atoms with Gasteiger partial charge in [0, 0.05) is 14.1 Å². The fourth-order valence-electron chi connectivity index (χ4n) is 2.69. The first-order chi connectivity index (χ1) is 13.4. The fraction of sp³-hybridized carbons (Fsp3) is 0.250. The van der Waals surface area contributed by atoms with E-state index < -0.39 is 35.4 Å². The SMILES string of the molecule is Cn1c(=O)c2c(nc(Cl)n2CC(=O)Nc2cc(C(F)(F)F)ccc2Cl)n(C)c1=O. The maximum atomic E-state index is 12.9. The smallest absolute Gasteiger partial charge is 0.323 e. The third-order valence-corrected chi connectivity index (χ3v) is 4.79. The normalized spacial score (nSPS) is 11.8. The summed E-state index contributed by atoms with van der Waals surface area (Å²) in [6, 6.07) is 2.48. The first-order valence-electron chi connectivity index (χ1n) is 7.90. The van der Waals surface area contributed by atoms with E-state index in [9.17, 15) is 27.6 Å². The molecule has 0 radical (unpaired) electrons. The van der Waals surface area contributed by atoms with Gasteiger partial charge in [-0.2, -0.15) is 18.2 Å². The summed E-state index contributed by atoms with van der Waals surface area (Å²) < 4.78 is 41.6. The Kier molecular flexibility index (Phi) is 5.22. The Bertz CT molecular complexity index is 1260. The second kappa shape index (κ2) is 7.23. The van der Waals surface area contributed by atoms with E-state index in [0.717, 1.165) is 25.8 Å². The molecule has 0 aliphatic rings. The lowest BCUT2D eigenvalue weighted by molar-refractivity contribution is -0.137. The minimum atomic E-state index is -4.62. The molecular formula is C16H12Cl2F3N5O3. The van der Waals surface area contributed by atoms with Gasteiger partial charge in [0.15, 0.2) is 11.2 Å². The van der Waals surface area contributed by atoms with Crippen LogP contribution in [0.15, 0.2) is 27.8 Å². The van der Waals surface area contributed by atoms with Crippen LogP contribution in [0.4, 0.5) is 18.9 Å². The highest BCUT2D eigenvalue weighted by Gasteiger charge is 2.31. The van der Waals surface area contributed by atoms with E-state index in [4.69, 9.17) is 23.2 Å². The molecule has 0 aliphatic heterocycles. The summed E-state index contributed by atoms with van der Waals surface area (Å²) in [5.41, 5.74) is -2.76. The average molecular weight is 450 g/mol. The predicted octanol–water partition coefficient (Wildman–Crippen LogP) is 2.40. The number of halogens is 5. The molecule has 13 heteroatoms. The third-order valence-electron chi connectivity index (χ3n) is 4.17. The number of hydrogen-bond acceptors (Lipinski definition) is 4. The van der Waals surface area contributed by atoms with Crippen LogP contribution in [-0.4, -0.2) is 24.6 Å². The molecule has 0 spiro atoms. The summed E-state index contributed by atoms with van der Waals surface area (Å²) >= 11 is 11.9. The number of rotatable bonds is 3. The summed E-state index contributed by atoms with van der Waals surface area (Å²) in [5.74, 6) is -0.802. The molecule has 0 unspecified atom stereocenters. The number of fused-ring (bicyclic) bond motifs is 1. The van der Waals surface area contributed by atoms with Gasteiger partial charge >= 0.3 is 11.9 Å². The van der Waals surface area contributed by atoms with E-state index in [2.05, 4.69) is 10.3 Å². The standard InChI is InChI=1S/C16H12Cl2F3N5O3/c1-24-12-11(13(28)25(2)15(24)29)26(14(18)23-12)6-10(27)22-9-5-7(16(19,20)21)3-4-8(9)17/h3-5H,6H2,1-2H3,(H,22,27). The molecule has 0 fully saturated rings. The lowest BCUT2D eigenvalue weighted by Gasteiger charge is -2.12. The van der Waals surface area contributed by atoms with Crippen LogP contribution >= 0.6 is 23.2 Å². The van der Waals surface area contributed by atoms with Crippen LogP contribution < -0.4 is 16.6 Å². The van der Waals surface area contributed by atoms with E-state index in [-0.39, 0.29) is 27.2 Å². The molecule has 2 heterocycles. The highest BCUT2D eigenvalue weighted by molar-refractivity contribution is 6.33. The zero-order valence-electron chi connectivity index (χ0n) is 14.8. The number of carbonyl (C=O) groups is 1. The maximum Gasteiger partial charge on any atom is 0.416 e. The van der Waals surface area contributed by atoms with Gasteiger partial charge in [-0.25, -0.2) is 4.79 Å². The summed E-state index contributed by atoms with van der Waals surface area (Å²) in [6.07, 6.45) is -4.62. The van der Waals surface area contributed by atoms with Gasteiger partial charge in [0.25, 0.3) is 5.56 Å². The second-order valence-electron chi connectivity index (χ2n) is 6.09. The molecule has 29 heavy (non-hydrogen) atoms. The van der Waals surface area contributed by atoms with Gasteiger partial charge in [0.1, 0.15) is 6.54 Å². The van der Waals surface area contributed by atoms with Crippen molar-refractivity contribution in [3.63, 3.8) is 0 Å². The highest BCUT2D eigenvalue weighted by Crippen LogP contribution is 2.33. The molecule has 0 bridgehead atoms. The van der Waals surface area contributed by atoms with E-state index in [1.165, 1.54) is 14.1 Å². The largest absolute Gasteiger partial charge is 0.416 e. The molecule has 154 valence electrons. The zero-order valence-corrected chi connectivity index (χ0v) is 16.4. The third kappa shape index (κ3) is 3.75. The number of alkyl halides is 3. The minimum absolute atomic E-state index is 0.0343. The van der Waals surface area contributed by atoms with E-state index >= 15 is 0 Å². The van der Waals surface area contributed by atoms with Crippen molar-refractivity contribution in [2.45, 2.75) is 12.7 Å². The van der Waals surface area contributed by atoms with Crippen molar-refractivity contribution >= 4 is 46.0 Å². The van der Waals surface area contributed by atoms with Crippen LogP contribution in [-0.2, 0) is 31.6 Å². The monoisotopic (exact) mass is 449 g/mol. The molecule has 8 nitrogen and oxygen atoms in total. The number of nitrogens with one attached hydrogen (secondary N) is 1. The van der Waals surface area contributed by atoms with Crippen LogP contribution in [0.1, 0.15) is 5.56 Å². The molecule has 0 saturated heterocycles. The first-order valence-corrected chi connectivity index (χ1v) is 8.65. The number of amides is 1.